The summed E-state index contributed by atoms with van der Waals surface area (Å²) in [6.07, 6.45) is 5.74. The molecule has 1 saturated carbocycles. The van der Waals surface area contributed by atoms with Crippen LogP contribution >= 0.6 is 0 Å². The Morgan fingerprint density at radius 3 is 2.29 bits per heavy atom. The summed E-state index contributed by atoms with van der Waals surface area (Å²) in [6, 6.07) is 0.262. The Hall–Kier alpha value is -1.06. The molecule has 0 aromatic carbocycles. The quantitative estimate of drug-likeness (QED) is 0.775. The van der Waals surface area contributed by atoms with E-state index in [-0.39, 0.29) is 24.3 Å². The molecule has 2 N–H and O–H groups in total. The summed E-state index contributed by atoms with van der Waals surface area (Å²) < 4.78 is 0. The molecule has 1 fully saturated rings. The Balaban J connectivity index is 2.38. The molecule has 98 valence electrons. The fourth-order valence-corrected chi connectivity index (χ4v) is 2.34. The van der Waals surface area contributed by atoms with Gasteiger partial charge in [-0.1, -0.05) is 33.1 Å². The minimum Gasteiger partial charge on any atom is -0.481 e. The van der Waals surface area contributed by atoms with Crippen molar-refractivity contribution in [1.82, 2.24) is 5.32 Å². The summed E-state index contributed by atoms with van der Waals surface area (Å²) in [6.45, 7) is 3.68. The van der Waals surface area contributed by atoms with Gasteiger partial charge in [-0.05, 0) is 18.8 Å². The van der Waals surface area contributed by atoms with Gasteiger partial charge >= 0.3 is 5.97 Å². The summed E-state index contributed by atoms with van der Waals surface area (Å²) in [7, 11) is 0. The molecule has 0 radical (unpaired) electrons. The topological polar surface area (TPSA) is 66.4 Å². The van der Waals surface area contributed by atoms with Crippen LogP contribution < -0.4 is 5.32 Å². The van der Waals surface area contributed by atoms with Crippen molar-refractivity contribution in [3.8, 4) is 0 Å². The van der Waals surface area contributed by atoms with E-state index >= 15 is 0 Å². The van der Waals surface area contributed by atoms with Crippen LogP contribution in [0.25, 0.3) is 0 Å². The van der Waals surface area contributed by atoms with Crippen LogP contribution in [-0.4, -0.2) is 23.0 Å². The highest BCUT2D eigenvalue weighted by Crippen LogP contribution is 2.19. The molecular weight excluding hydrogens is 218 g/mol. The summed E-state index contributed by atoms with van der Waals surface area (Å²) in [4.78, 5) is 22.7. The molecule has 17 heavy (non-hydrogen) atoms. The standard InChI is InChI=1S/C13H23NO3/c1-9(2)11(13(16)17)8-12(15)14-10-6-4-3-5-7-10/h9-11H,3-8H2,1-2H3,(H,14,15)(H,16,17). The van der Waals surface area contributed by atoms with Crippen LogP contribution in [-0.2, 0) is 9.59 Å². The van der Waals surface area contributed by atoms with Gasteiger partial charge in [0.05, 0.1) is 5.92 Å². The molecule has 1 aliphatic rings. The third-order valence-electron chi connectivity index (χ3n) is 3.50. The molecule has 1 rings (SSSR count). The van der Waals surface area contributed by atoms with E-state index in [1.165, 1.54) is 6.42 Å². The lowest BCUT2D eigenvalue weighted by Gasteiger charge is -2.24. The second-order valence-electron chi connectivity index (χ2n) is 5.30. The molecule has 1 aliphatic carbocycles. The summed E-state index contributed by atoms with van der Waals surface area (Å²) in [5, 5.41) is 12.0. The van der Waals surface area contributed by atoms with Crippen LogP contribution in [0.3, 0.4) is 0 Å². The second kappa shape index (κ2) is 6.62. The highest BCUT2D eigenvalue weighted by molar-refractivity contribution is 5.82. The van der Waals surface area contributed by atoms with Crippen molar-refractivity contribution < 1.29 is 14.7 Å². The van der Waals surface area contributed by atoms with Gasteiger partial charge in [0.1, 0.15) is 0 Å². The number of carboxylic acid groups (broad SMARTS) is 1. The minimum absolute atomic E-state index is 0.00962. The van der Waals surface area contributed by atoms with Gasteiger partial charge in [-0.15, -0.1) is 0 Å². The van der Waals surface area contributed by atoms with Gasteiger partial charge in [0, 0.05) is 12.5 Å². The van der Waals surface area contributed by atoms with E-state index in [4.69, 9.17) is 5.11 Å². The summed E-state index contributed by atoms with van der Waals surface area (Å²) in [5.41, 5.74) is 0. The van der Waals surface area contributed by atoms with Crippen molar-refractivity contribution >= 4 is 11.9 Å². The molecule has 0 aromatic heterocycles. The Morgan fingerprint density at radius 1 is 1.24 bits per heavy atom. The molecule has 0 bridgehead atoms. The molecule has 1 amide bonds. The van der Waals surface area contributed by atoms with Gasteiger partial charge in [0.25, 0.3) is 0 Å². The highest BCUT2D eigenvalue weighted by Gasteiger charge is 2.25. The van der Waals surface area contributed by atoms with Crippen LogP contribution in [0.4, 0.5) is 0 Å². The number of rotatable bonds is 5. The fourth-order valence-electron chi connectivity index (χ4n) is 2.34. The lowest BCUT2D eigenvalue weighted by Crippen LogP contribution is -2.38. The molecule has 0 saturated heterocycles. The van der Waals surface area contributed by atoms with Crippen molar-refractivity contribution in [3.05, 3.63) is 0 Å². The molecule has 1 atom stereocenters. The van der Waals surface area contributed by atoms with Crippen molar-refractivity contribution in [3.63, 3.8) is 0 Å². The number of hydrogen-bond acceptors (Lipinski definition) is 2. The number of hydrogen-bond donors (Lipinski definition) is 2. The maximum Gasteiger partial charge on any atom is 0.307 e. The first-order valence-corrected chi connectivity index (χ1v) is 6.53. The van der Waals surface area contributed by atoms with Crippen molar-refractivity contribution in [1.29, 1.82) is 0 Å². The fraction of sp³-hybridized carbons (Fsp3) is 0.846. The van der Waals surface area contributed by atoms with Gasteiger partial charge in [-0.2, -0.15) is 0 Å². The van der Waals surface area contributed by atoms with E-state index in [0.29, 0.717) is 0 Å². The Bertz CT molecular complexity index is 270. The van der Waals surface area contributed by atoms with Gasteiger partial charge in [0.15, 0.2) is 0 Å². The van der Waals surface area contributed by atoms with E-state index in [2.05, 4.69) is 5.32 Å². The van der Waals surface area contributed by atoms with E-state index in [1.807, 2.05) is 13.8 Å². The van der Waals surface area contributed by atoms with Crippen molar-refractivity contribution in [2.75, 3.05) is 0 Å². The first-order valence-electron chi connectivity index (χ1n) is 6.53. The molecule has 0 aromatic rings. The number of aliphatic carboxylic acids is 1. The lowest BCUT2D eigenvalue weighted by atomic mass is 9.91. The maximum absolute atomic E-state index is 11.8. The average molecular weight is 241 g/mol. The summed E-state index contributed by atoms with van der Waals surface area (Å²) in [5.74, 6) is -1.57. The van der Waals surface area contributed by atoms with E-state index in [1.54, 1.807) is 0 Å². The second-order valence-corrected chi connectivity index (χ2v) is 5.30. The van der Waals surface area contributed by atoms with Crippen molar-refractivity contribution in [2.24, 2.45) is 11.8 Å². The summed E-state index contributed by atoms with van der Waals surface area (Å²) >= 11 is 0. The Labute approximate surface area is 103 Å². The normalized spacial score (nSPS) is 19.0. The van der Waals surface area contributed by atoms with E-state index < -0.39 is 11.9 Å². The number of carbonyl (C=O) groups excluding carboxylic acids is 1. The Kier molecular flexibility index (Phi) is 5.45. The zero-order valence-electron chi connectivity index (χ0n) is 10.7. The van der Waals surface area contributed by atoms with Gasteiger partial charge in [-0.25, -0.2) is 0 Å². The van der Waals surface area contributed by atoms with Crippen LogP contribution in [0.2, 0.25) is 0 Å². The van der Waals surface area contributed by atoms with Gasteiger partial charge < -0.3 is 10.4 Å². The molecule has 4 nitrogen and oxygen atoms in total. The monoisotopic (exact) mass is 241 g/mol. The molecule has 1 unspecified atom stereocenters. The lowest BCUT2D eigenvalue weighted by molar-refractivity contribution is -0.145. The average Bonchev–Trinajstić information content (AvgIpc) is 2.26. The predicted molar refractivity (Wildman–Crippen MR) is 65.6 cm³/mol. The molecule has 4 heteroatoms. The molecule has 0 spiro atoms. The molecule has 0 heterocycles. The first kappa shape index (κ1) is 14.0. The van der Waals surface area contributed by atoms with E-state index in [0.717, 1.165) is 25.7 Å². The number of nitrogens with one attached hydrogen (secondary N) is 1. The molecular formula is C13H23NO3. The number of carbonyl (C=O) groups is 2. The maximum atomic E-state index is 11.8. The minimum atomic E-state index is -0.876. The zero-order chi connectivity index (χ0) is 12.8. The van der Waals surface area contributed by atoms with Gasteiger partial charge in [0.2, 0.25) is 5.91 Å². The first-order chi connectivity index (χ1) is 8.00. The number of amides is 1. The van der Waals surface area contributed by atoms with Gasteiger partial charge in [-0.3, -0.25) is 9.59 Å². The largest absolute Gasteiger partial charge is 0.481 e. The van der Waals surface area contributed by atoms with Crippen LogP contribution in [0.1, 0.15) is 52.4 Å². The third kappa shape index (κ3) is 4.75. The predicted octanol–water partition coefficient (Wildman–Crippen LogP) is 2.18. The third-order valence-corrected chi connectivity index (χ3v) is 3.50. The van der Waals surface area contributed by atoms with Crippen LogP contribution in [0.15, 0.2) is 0 Å². The smallest absolute Gasteiger partial charge is 0.307 e. The molecule has 0 aliphatic heterocycles. The van der Waals surface area contributed by atoms with E-state index in [9.17, 15) is 9.59 Å². The zero-order valence-corrected chi connectivity index (χ0v) is 10.7. The van der Waals surface area contributed by atoms with Crippen molar-refractivity contribution in [2.45, 2.75) is 58.4 Å². The van der Waals surface area contributed by atoms with Crippen LogP contribution in [0.5, 0.6) is 0 Å². The van der Waals surface area contributed by atoms with Crippen LogP contribution in [0, 0.1) is 11.8 Å². The number of carboxylic acids is 1. The highest BCUT2D eigenvalue weighted by atomic mass is 16.4. The SMILES string of the molecule is CC(C)C(CC(=O)NC1CCCCC1)C(=O)O. The Morgan fingerprint density at radius 2 is 1.82 bits per heavy atom.